The lowest BCUT2D eigenvalue weighted by atomic mass is 9.88. The molecule has 5 aromatic rings. The Hall–Kier alpha value is -4.31. The molecule has 4 nitrogen and oxygen atoms in total. The van der Waals surface area contributed by atoms with E-state index in [-0.39, 0.29) is 18.2 Å². The van der Waals surface area contributed by atoms with E-state index in [0.717, 1.165) is 40.1 Å². The number of aromatic nitrogens is 1. The largest absolute Gasteiger partial charge is 0.457 e. The summed E-state index contributed by atoms with van der Waals surface area (Å²) in [6.45, 7) is 0.752. The summed E-state index contributed by atoms with van der Waals surface area (Å²) < 4.78 is 8.31. The second-order valence-corrected chi connectivity index (χ2v) is 8.43. The highest BCUT2D eigenvalue weighted by molar-refractivity contribution is 5.86. The average molecular weight is 447 g/mol. The monoisotopic (exact) mass is 446 g/mol. The molecule has 0 aliphatic carbocycles. The van der Waals surface area contributed by atoms with Gasteiger partial charge in [-0.3, -0.25) is 4.79 Å². The number of primary amides is 1. The van der Waals surface area contributed by atoms with E-state index in [1.807, 2.05) is 72.8 Å². The highest BCUT2D eigenvalue weighted by Gasteiger charge is 2.22. The molecule has 4 aromatic carbocycles. The molecule has 1 amide bonds. The molecule has 0 radical (unpaired) electrons. The van der Waals surface area contributed by atoms with Gasteiger partial charge in [-0.25, -0.2) is 0 Å². The van der Waals surface area contributed by atoms with Gasteiger partial charge in [0.05, 0.1) is 0 Å². The van der Waals surface area contributed by atoms with Crippen molar-refractivity contribution in [3.63, 3.8) is 0 Å². The Bertz CT molecular complexity index is 1410. The topological polar surface area (TPSA) is 57.3 Å². The van der Waals surface area contributed by atoms with Crippen LogP contribution in [0.3, 0.4) is 0 Å². The molecule has 0 spiro atoms. The maximum atomic E-state index is 12.2. The minimum atomic E-state index is -0.334. The number of hydrogen-bond donors (Lipinski definition) is 1. The summed E-state index contributed by atoms with van der Waals surface area (Å²) in [7, 11) is 0. The molecule has 1 atom stereocenters. The Morgan fingerprint density at radius 3 is 2.24 bits per heavy atom. The van der Waals surface area contributed by atoms with Crippen LogP contribution in [0, 0.1) is 0 Å². The van der Waals surface area contributed by atoms with Crippen LogP contribution in [0.15, 0.2) is 115 Å². The van der Waals surface area contributed by atoms with Crippen LogP contribution < -0.4 is 10.5 Å². The van der Waals surface area contributed by atoms with Crippen LogP contribution >= 0.6 is 0 Å². The zero-order chi connectivity index (χ0) is 23.3. The first-order valence-corrected chi connectivity index (χ1v) is 11.4. The van der Waals surface area contributed by atoms with Gasteiger partial charge in [-0.15, -0.1) is 0 Å². The van der Waals surface area contributed by atoms with E-state index in [4.69, 9.17) is 10.5 Å². The number of nitrogens with zero attached hydrogens (tertiary/aromatic N) is 1. The van der Waals surface area contributed by atoms with Gasteiger partial charge in [0.15, 0.2) is 0 Å². The number of rotatable bonds is 8. The standard InChI is InChI=1S/C30H26N2O2/c31-30(33)19-27(23-12-9-15-25(18-23)34-24-13-5-2-6-14-24)28-21-32(20-22-10-3-1-4-11-22)29-17-8-7-16-26(28)29/h1-18,21,27H,19-20H2,(H2,31,33)/t27-/m0/s1. The highest BCUT2D eigenvalue weighted by atomic mass is 16.5. The Morgan fingerprint density at radius 2 is 1.47 bits per heavy atom. The molecular weight excluding hydrogens is 420 g/mol. The summed E-state index contributed by atoms with van der Waals surface area (Å²) in [5.74, 6) is 0.981. The molecule has 5 rings (SSSR count). The molecule has 0 bridgehead atoms. The number of amides is 1. The number of carbonyl (C=O) groups is 1. The lowest BCUT2D eigenvalue weighted by molar-refractivity contribution is -0.118. The van der Waals surface area contributed by atoms with Gasteiger partial charge < -0.3 is 15.0 Å². The number of fused-ring (bicyclic) bond motifs is 1. The lowest BCUT2D eigenvalue weighted by Crippen LogP contribution is -2.16. The normalized spacial score (nSPS) is 11.9. The Balaban J connectivity index is 1.56. The third-order valence-corrected chi connectivity index (χ3v) is 6.04. The number of carbonyl (C=O) groups excluding carboxylic acids is 1. The summed E-state index contributed by atoms with van der Waals surface area (Å²) in [4.78, 5) is 12.2. The van der Waals surface area contributed by atoms with Crippen LogP contribution in [0.25, 0.3) is 10.9 Å². The summed E-state index contributed by atoms with van der Waals surface area (Å²) in [5, 5.41) is 1.12. The molecule has 1 aromatic heterocycles. The fourth-order valence-electron chi connectivity index (χ4n) is 4.49. The van der Waals surface area contributed by atoms with Crippen LogP contribution in [-0.4, -0.2) is 10.5 Å². The van der Waals surface area contributed by atoms with E-state index in [1.54, 1.807) is 0 Å². The van der Waals surface area contributed by atoms with Gasteiger partial charge in [-0.1, -0.05) is 78.9 Å². The fraction of sp³-hybridized carbons (Fsp3) is 0.100. The smallest absolute Gasteiger partial charge is 0.218 e. The Labute approximate surface area is 199 Å². The van der Waals surface area contributed by atoms with Crippen molar-refractivity contribution < 1.29 is 9.53 Å². The van der Waals surface area contributed by atoms with Crippen LogP contribution in [-0.2, 0) is 11.3 Å². The van der Waals surface area contributed by atoms with Gasteiger partial charge in [0.1, 0.15) is 11.5 Å². The SMILES string of the molecule is NC(=O)C[C@@H](c1cccc(Oc2ccccc2)c1)c1cn(Cc2ccccc2)c2ccccc12. The number of benzene rings is 4. The van der Waals surface area contributed by atoms with Gasteiger partial charge in [-0.05, 0) is 47.0 Å². The predicted octanol–water partition coefficient (Wildman–Crippen LogP) is 6.49. The van der Waals surface area contributed by atoms with Crippen LogP contribution in [0.5, 0.6) is 11.5 Å². The van der Waals surface area contributed by atoms with Crippen molar-refractivity contribution in [3.05, 3.63) is 132 Å². The Morgan fingerprint density at radius 1 is 0.794 bits per heavy atom. The fourth-order valence-corrected chi connectivity index (χ4v) is 4.49. The molecule has 2 N–H and O–H groups in total. The molecule has 0 saturated carbocycles. The molecule has 0 unspecified atom stereocenters. The summed E-state index contributed by atoms with van der Waals surface area (Å²) in [6, 6.07) is 36.3. The van der Waals surface area contributed by atoms with Crippen molar-refractivity contribution in [1.82, 2.24) is 4.57 Å². The third-order valence-electron chi connectivity index (χ3n) is 6.04. The van der Waals surface area contributed by atoms with Gasteiger partial charge in [-0.2, -0.15) is 0 Å². The quantitative estimate of drug-likeness (QED) is 0.296. The van der Waals surface area contributed by atoms with Crippen molar-refractivity contribution in [3.8, 4) is 11.5 Å². The van der Waals surface area contributed by atoms with Crippen molar-refractivity contribution in [2.45, 2.75) is 18.9 Å². The molecule has 0 aliphatic rings. The van der Waals surface area contributed by atoms with Gasteiger partial charge >= 0.3 is 0 Å². The van der Waals surface area contributed by atoms with E-state index in [0.29, 0.717) is 0 Å². The molecular formula is C30H26N2O2. The summed E-state index contributed by atoms with van der Waals surface area (Å²) in [6.07, 6.45) is 2.38. The van der Waals surface area contributed by atoms with Crippen molar-refractivity contribution in [2.24, 2.45) is 5.73 Å². The molecule has 34 heavy (non-hydrogen) atoms. The van der Waals surface area contributed by atoms with E-state index in [1.165, 1.54) is 5.56 Å². The first-order valence-electron chi connectivity index (χ1n) is 11.4. The second-order valence-electron chi connectivity index (χ2n) is 8.43. The molecule has 0 saturated heterocycles. The van der Waals surface area contributed by atoms with Crippen LogP contribution in [0.1, 0.15) is 29.0 Å². The van der Waals surface area contributed by atoms with Gasteiger partial charge in [0, 0.05) is 36.0 Å². The number of para-hydroxylation sites is 2. The van der Waals surface area contributed by atoms with E-state index in [9.17, 15) is 4.79 Å². The second kappa shape index (κ2) is 9.67. The minimum absolute atomic E-state index is 0.182. The highest BCUT2D eigenvalue weighted by Crippen LogP contribution is 2.36. The van der Waals surface area contributed by atoms with Crippen molar-refractivity contribution in [1.29, 1.82) is 0 Å². The summed E-state index contributed by atoms with van der Waals surface area (Å²) >= 11 is 0. The maximum Gasteiger partial charge on any atom is 0.218 e. The van der Waals surface area contributed by atoms with E-state index < -0.39 is 0 Å². The number of nitrogens with two attached hydrogens (primary N) is 1. The van der Waals surface area contributed by atoms with Crippen molar-refractivity contribution in [2.75, 3.05) is 0 Å². The van der Waals surface area contributed by atoms with E-state index in [2.05, 4.69) is 47.2 Å². The van der Waals surface area contributed by atoms with Gasteiger partial charge in [0.25, 0.3) is 0 Å². The molecule has 4 heteroatoms. The minimum Gasteiger partial charge on any atom is -0.457 e. The lowest BCUT2D eigenvalue weighted by Gasteiger charge is -2.17. The van der Waals surface area contributed by atoms with Gasteiger partial charge in [0.2, 0.25) is 5.91 Å². The first-order chi connectivity index (χ1) is 16.7. The molecule has 0 aliphatic heterocycles. The average Bonchev–Trinajstić information content (AvgIpc) is 3.22. The zero-order valence-electron chi connectivity index (χ0n) is 18.8. The van der Waals surface area contributed by atoms with Crippen molar-refractivity contribution >= 4 is 16.8 Å². The number of ether oxygens (including phenoxy) is 1. The molecule has 1 heterocycles. The predicted molar refractivity (Wildman–Crippen MR) is 136 cm³/mol. The summed E-state index contributed by atoms with van der Waals surface area (Å²) in [5.41, 5.74) is 10.2. The maximum absolute atomic E-state index is 12.2. The van der Waals surface area contributed by atoms with E-state index >= 15 is 0 Å². The first kappa shape index (κ1) is 21.5. The third kappa shape index (κ3) is 4.71. The Kier molecular flexibility index (Phi) is 6.13. The van der Waals surface area contributed by atoms with Crippen LogP contribution in [0.2, 0.25) is 0 Å². The zero-order valence-corrected chi connectivity index (χ0v) is 18.8. The molecule has 168 valence electrons. The number of hydrogen-bond acceptors (Lipinski definition) is 2. The van der Waals surface area contributed by atoms with Crippen LogP contribution in [0.4, 0.5) is 0 Å². The molecule has 0 fully saturated rings.